The van der Waals surface area contributed by atoms with Gasteiger partial charge in [-0.1, -0.05) is 37.3 Å². The SMILES string of the molecule is CCC(C)Nc1nc(Cl)nc2scc(-c3ccccc3)c12. The Morgan fingerprint density at radius 2 is 2.00 bits per heavy atom. The summed E-state index contributed by atoms with van der Waals surface area (Å²) < 4.78 is 0. The molecule has 0 amide bonds. The predicted molar refractivity (Wildman–Crippen MR) is 91.2 cm³/mol. The van der Waals surface area contributed by atoms with Gasteiger partial charge in [0.05, 0.1) is 5.39 Å². The van der Waals surface area contributed by atoms with Gasteiger partial charge in [-0.2, -0.15) is 0 Å². The molecule has 0 saturated heterocycles. The highest BCUT2D eigenvalue weighted by atomic mass is 35.5. The topological polar surface area (TPSA) is 37.8 Å². The molecule has 0 spiro atoms. The molecule has 108 valence electrons. The summed E-state index contributed by atoms with van der Waals surface area (Å²) >= 11 is 7.65. The quantitative estimate of drug-likeness (QED) is 0.670. The predicted octanol–water partition coefficient (Wildman–Crippen LogP) is 5.22. The van der Waals surface area contributed by atoms with Crippen LogP contribution in [0, 0.1) is 0 Å². The number of hydrogen-bond acceptors (Lipinski definition) is 4. The van der Waals surface area contributed by atoms with E-state index in [1.807, 2.05) is 18.2 Å². The zero-order chi connectivity index (χ0) is 14.8. The number of thiophene rings is 1. The van der Waals surface area contributed by atoms with Crippen LogP contribution in [0.4, 0.5) is 5.82 Å². The molecule has 3 rings (SSSR count). The molecule has 1 atom stereocenters. The van der Waals surface area contributed by atoms with E-state index in [0.29, 0.717) is 6.04 Å². The average molecular weight is 318 g/mol. The van der Waals surface area contributed by atoms with Crippen LogP contribution in [0.1, 0.15) is 20.3 Å². The van der Waals surface area contributed by atoms with Crippen LogP contribution in [0.5, 0.6) is 0 Å². The first-order valence-corrected chi connectivity index (χ1v) is 8.21. The number of nitrogens with one attached hydrogen (secondary N) is 1. The Bertz CT molecular complexity index is 755. The highest BCUT2D eigenvalue weighted by molar-refractivity contribution is 7.17. The van der Waals surface area contributed by atoms with E-state index in [0.717, 1.165) is 28.0 Å². The molecular weight excluding hydrogens is 302 g/mol. The third-order valence-corrected chi connectivity index (χ3v) is 4.53. The fourth-order valence-corrected chi connectivity index (χ4v) is 3.35. The molecule has 21 heavy (non-hydrogen) atoms. The Labute approximate surface area is 133 Å². The van der Waals surface area contributed by atoms with Crippen LogP contribution in [0.25, 0.3) is 21.3 Å². The van der Waals surface area contributed by atoms with Crippen LogP contribution < -0.4 is 5.32 Å². The fraction of sp³-hybridized carbons (Fsp3) is 0.250. The van der Waals surface area contributed by atoms with Gasteiger partial charge >= 0.3 is 0 Å². The summed E-state index contributed by atoms with van der Waals surface area (Å²) in [4.78, 5) is 9.66. The Morgan fingerprint density at radius 1 is 1.24 bits per heavy atom. The van der Waals surface area contributed by atoms with Crippen molar-refractivity contribution >= 4 is 39.0 Å². The summed E-state index contributed by atoms with van der Waals surface area (Å²) in [5.74, 6) is 0.819. The third kappa shape index (κ3) is 2.87. The Balaban J connectivity index is 2.19. The lowest BCUT2D eigenvalue weighted by Gasteiger charge is -2.14. The highest BCUT2D eigenvalue weighted by Gasteiger charge is 2.15. The number of hydrogen-bond donors (Lipinski definition) is 1. The lowest BCUT2D eigenvalue weighted by atomic mass is 10.1. The highest BCUT2D eigenvalue weighted by Crippen LogP contribution is 2.37. The Kier molecular flexibility index (Phi) is 4.08. The number of fused-ring (bicyclic) bond motifs is 1. The summed E-state index contributed by atoms with van der Waals surface area (Å²) in [6.45, 7) is 4.28. The van der Waals surface area contributed by atoms with E-state index < -0.39 is 0 Å². The second kappa shape index (κ2) is 6.00. The largest absolute Gasteiger partial charge is 0.367 e. The number of anilines is 1. The van der Waals surface area contributed by atoms with E-state index in [4.69, 9.17) is 11.6 Å². The first-order chi connectivity index (χ1) is 10.2. The van der Waals surface area contributed by atoms with Crippen LogP contribution in [0.15, 0.2) is 35.7 Å². The minimum atomic E-state index is 0.287. The van der Waals surface area contributed by atoms with Gasteiger partial charge in [-0.05, 0) is 30.5 Å². The van der Waals surface area contributed by atoms with E-state index in [1.54, 1.807) is 11.3 Å². The summed E-state index contributed by atoms with van der Waals surface area (Å²) in [5.41, 5.74) is 2.32. The molecule has 5 heteroatoms. The average Bonchev–Trinajstić information content (AvgIpc) is 2.91. The van der Waals surface area contributed by atoms with Gasteiger partial charge in [0.15, 0.2) is 0 Å². The van der Waals surface area contributed by atoms with E-state index in [-0.39, 0.29) is 5.28 Å². The van der Waals surface area contributed by atoms with Gasteiger partial charge in [-0.3, -0.25) is 0 Å². The number of halogens is 1. The van der Waals surface area contributed by atoms with E-state index in [9.17, 15) is 0 Å². The molecule has 0 aliphatic carbocycles. The monoisotopic (exact) mass is 317 g/mol. The molecular formula is C16H16ClN3S. The molecule has 1 aromatic carbocycles. The zero-order valence-corrected chi connectivity index (χ0v) is 13.5. The molecule has 1 N–H and O–H groups in total. The molecule has 0 radical (unpaired) electrons. The summed E-state index contributed by atoms with van der Waals surface area (Å²) in [7, 11) is 0. The molecule has 0 fully saturated rings. The van der Waals surface area contributed by atoms with Crippen molar-refractivity contribution in [3.63, 3.8) is 0 Å². The van der Waals surface area contributed by atoms with Crippen LogP contribution in [0.3, 0.4) is 0 Å². The second-order valence-electron chi connectivity index (χ2n) is 4.99. The molecule has 3 nitrogen and oxygen atoms in total. The molecule has 0 saturated carbocycles. The summed E-state index contributed by atoms with van der Waals surface area (Å²) in [6.07, 6.45) is 1.02. The van der Waals surface area contributed by atoms with Gasteiger partial charge in [-0.15, -0.1) is 11.3 Å². The van der Waals surface area contributed by atoms with Crippen molar-refractivity contribution in [3.8, 4) is 11.1 Å². The number of rotatable bonds is 4. The van der Waals surface area contributed by atoms with Gasteiger partial charge in [0.2, 0.25) is 5.28 Å². The molecule has 0 aliphatic rings. The fourth-order valence-electron chi connectivity index (χ4n) is 2.19. The molecule has 2 heterocycles. The molecule has 0 bridgehead atoms. The molecule has 2 aromatic heterocycles. The van der Waals surface area contributed by atoms with Crippen molar-refractivity contribution in [2.45, 2.75) is 26.3 Å². The van der Waals surface area contributed by atoms with Crippen LogP contribution >= 0.6 is 22.9 Å². The third-order valence-electron chi connectivity index (χ3n) is 3.49. The molecule has 1 unspecified atom stereocenters. The number of nitrogens with zero attached hydrogens (tertiary/aromatic N) is 2. The van der Waals surface area contributed by atoms with E-state index in [2.05, 4.69) is 46.6 Å². The van der Waals surface area contributed by atoms with Crippen LogP contribution in [-0.2, 0) is 0 Å². The lowest BCUT2D eigenvalue weighted by molar-refractivity contribution is 0.760. The van der Waals surface area contributed by atoms with Gasteiger partial charge in [0.25, 0.3) is 0 Å². The van der Waals surface area contributed by atoms with Crippen molar-refractivity contribution in [2.24, 2.45) is 0 Å². The minimum absolute atomic E-state index is 0.287. The minimum Gasteiger partial charge on any atom is -0.367 e. The summed E-state index contributed by atoms with van der Waals surface area (Å²) in [5, 5.41) is 6.90. The van der Waals surface area contributed by atoms with Crippen LogP contribution in [0.2, 0.25) is 5.28 Å². The van der Waals surface area contributed by atoms with Gasteiger partial charge in [-0.25, -0.2) is 9.97 Å². The van der Waals surface area contributed by atoms with Crippen LogP contribution in [-0.4, -0.2) is 16.0 Å². The van der Waals surface area contributed by atoms with E-state index in [1.165, 1.54) is 5.56 Å². The Hall–Kier alpha value is -1.65. The maximum absolute atomic E-state index is 6.05. The van der Waals surface area contributed by atoms with Gasteiger partial charge in [0, 0.05) is 17.0 Å². The maximum Gasteiger partial charge on any atom is 0.225 e. The van der Waals surface area contributed by atoms with Crippen molar-refractivity contribution in [1.82, 2.24) is 9.97 Å². The van der Waals surface area contributed by atoms with Crippen molar-refractivity contribution < 1.29 is 0 Å². The smallest absolute Gasteiger partial charge is 0.225 e. The normalized spacial score (nSPS) is 12.5. The maximum atomic E-state index is 6.05. The number of aromatic nitrogens is 2. The van der Waals surface area contributed by atoms with Gasteiger partial charge in [0.1, 0.15) is 10.6 Å². The molecule has 0 aliphatic heterocycles. The Morgan fingerprint density at radius 3 is 2.71 bits per heavy atom. The van der Waals surface area contributed by atoms with Crippen molar-refractivity contribution in [2.75, 3.05) is 5.32 Å². The van der Waals surface area contributed by atoms with Gasteiger partial charge < -0.3 is 5.32 Å². The first kappa shape index (κ1) is 14.3. The number of benzene rings is 1. The first-order valence-electron chi connectivity index (χ1n) is 6.95. The second-order valence-corrected chi connectivity index (χ2v) is 6.19. The van der Waals surface area contributed by atoms with Crippen molar-refractivity contribution in [3.05, 3.63) is 41.0 Å². The molecule has 3 aromatic rings. The zero-order valence-electron chi connectivity index (χ0n) is 11.9. The summed E-state index contributed by atoms with van der Waals surface area (Å²) in [6, 6.07) is 10.6. The van der Waals surface area contributed by atoms with E-state index >= 15 is 0 Å². The van der Waals surface area contributed by atoms with Crippen molar-refractivity contribution in [1.29, 1.82) is 0 Å². The lowest BCUT2D eigenvalue weighted by Crippen LogP contribution is -2.15. The standard InChI is InChI=1S/C16H16ClN3S/c1-3-10(2)18-14-13-12(11-7-5-4-6-8-11)9-21-15(13)20-16(17)19-14/h4-10H,3H2,1-2H3,(H,18,19,20).